The number of thiophene rings is 1. The molecule has 18 heavy (non-hydrogen) atoms. The largest absolute Gasteiger partial charge is 0.338 e. The van der Waals surface area contributed by atoms with E-state index in [0.717, 1.165) is 8.66 Å². The average molecular weight is 329 g/mol. The van der Waals surface area contributed by atoms with Gasteiger partial charge in [-0.15, -0.1) is 11.3 Å². The second-order valence-corrected chi connectivity index (χ2v) is 6.86. The Hall–Kier alpha value is -1.01. The van der Waals surface area contributed by atoms with Gasteiger partial charge >= 0.3 is 0 Å². The summed E-state index contributed by atoms with van der Waals surface area (Å²) < 4.78 is 6.23. The lowest BCUT2D eigenvalue weighted by Crippen LogP contribution is -2.15. The average Bonchev–Trinajstić information content (AvgIpc) is 2.85. The fourth-order valence-electron chi connectivity index (χ4n) is 1.82. The molecule has 2 aromatic heterocycles. The third-order valence-corrected chi connectivity index (χ3v) is 4.23. The zero-order valence-electron chi connectivity index (χ0n) is 10.3. The first-order valence-corrected chi connectivity index (χ1v) is 7.19. The summed E-state index contributed by atoms with van der Waals surface area (Å²) in [4.78, 5) is 16.9. The third kappa shape index (κ3) is 2.70. The molecule has 6 heteroatoms. The Labute approximate surface area is 118 Å². The summed E-state index contributed by atoms with van der Waals surface area (Å²) in [5, 5.41) is 3.94. The van der Waals surface area contributed by atoms with Crippen molar-refractivity contribution in [2.45, 2.75) is 26.7 Å². The quantitative estimate of drug-likeness (QED) is 0.854. The molecule has 1 unspecified atom stereocenters. The monoisotopic (exact) mass is 328 g/mol. The Kier molecular flexibility index (Phi) is 3.97. The van der Waals surface area contributed by atoms with Gasteiger partial charge in [-0.2, -0.15) is 4.98 Å². The van der Waals surface area contributed by atoms with E-state index in [-0.39, 0.29) is 17.6 Å². The van der Waals surface area contributed by atoms with Gasteiger partial charge in [0.15, 0.2) is 0 Å². The highest BCUT2D eigenvalue weighted by Gasteiger charge is 2.27. The van der Waals surface area contributed by atoms with E-state index in [1.54, 1.807) is 6.92 Å². The molecule has 2 rings (SSSR count). The minimum absolute atomic E-state index is 0.0487. The second-order valence-electron chi connectivity index (χ2n) is 4.39. The molecule has 4 nitrogen and oxygen atoms in total. The van der Waals surface area contributed by atoms with Crippen LogP contribution in [0.25, 0.3) is 10.7 Å². The Bertz CT molecular complexity index is 562. The summed E-state index contributed by atoms with van der Waals surface area (Å²) in [6, 6.07) is 3.85. The minimum Gasteiger partial charge on any atom is -0.338 e. The van der Waals surface area contributed by atoms with Gasteiger partial charge in [-0.25, -0.2) is 0 Å². The molecule has 0 bridgehead atoms. The summed E-state index contributed by atoms with van der Waals surface area (Å²) in [6.07, 6.45) is 0. The van der Waals surface area contributed by atoms with Gasteiger partial charge in [-0.05, 0) is 40.9 Å². The zero-order chi connectivity index (χ0) is 13.3. The Morgan fingerprint density at radius 1 is 1.44 bits per heavy atom. The summed E-state index contributed by atoms with van der Waals surface area (Å²) >= 11 is 4.92. The van der Waals surface area contributed by atoms with Crippen LogP contribution in [0.2, 0.25) is 0 Å². The number of carbonyl (C=O) groups excluding carboxylic acids is 1. The molecule has 0 fully saturated rings. The lowest BCUT2D eigenvalue weighted by Gasteiger charge is -2.12. The number of ketones is 1. The van der Waals surface area contributed by atoms with Crippen molar-refractivity contribution in [3.05, 3.63) is 21.8 Å². The van der Waals surface area contributed by atoms with Crippen LogP contribution in [0.3, 0.4) is 0 Å². The molecule has 96 valence electrons. The van der Waals surface area contributed by atoms with Crippen LogP contribution in [-0.4, -0.2) is 15.9 Å². The molecule has 2 aromatic rings. The number of carbonyl (C=O) groups is 1. The molecular formula is C12H13BrN2O2S. The van der Waals surface area contributed by atoms with Gasteiger partial charge in [0.25, 0.3) is 0 Å². The predicted octanol–water partition coefficient (Wildman–Crippen LogP) is 3.89. The van der Waals surface area contributed by atoms with Gasteiger partial charge in [-0.1, -0.05) is 19.0 Å². The molecule has 0 saturated carbocycles. The van der Waals surface area contributed by atoms with Crippen LogP contribution in [0.1, 0.15) is 32.6 Å². The van der Waals surface area contributed by atoms with Crippen molar-refractivity contribution in [3.63, 3.8) is 0 Å². The van der Waals surface area contributed by atoms with Crippen molar-refractivity contribution in [1.29, 1.82) is 0 Å². The van der Waals surface area contributed by atoms with Crippen molar-refractivity contribution in [2.75, 3.05) is 0 Å². The van der Waals surface area contributed by atoms with Crippen LogP contribution in [0, 0.1) is 5.92 Å². The summed E-state index contributed by atoms with van der Waals surface area (Å²) in [6.45, 7) is 5.49. The van der Waals surface area contributed by atoms with E-state index in [1.807, 2.05) is 26.0 Å². The van der Waals surface area contributed by atoms with Crippen molar-refractivity contribution >= 4 is 33.0 Å². The lowest BCUT2D eigenvalue weighted by molar-refractivity contribution is -0.119. The predicted molar refractivity (Wildman–Crippen MR) is 73.6 cm³/mol. The number of Topliss-reactive ketones (excluding diaryl/α,β-unsaturated/α-hetero) is 1. The van der Waals surface area contributed by atoms with Crippen molar-refractivity contribution in [3.8, 4) is 10.7 Å². The van der Waals surface area contributed by atoms with Gasteiger partial charge in [-0.3, -0.25) is 4.79 Å². The van der Waals surface area contributed by atoms with Crippen LogP contribution in [0.15, 0.2) is 20.4 Å². The fourth-order valence-corrected chi connectivity index (χ4v) is 3.14. The number of rotatable bonds is 4. The Balaban J connectivity index is 2.32. The summed E-state index contributed by atoms with van der Waals surface area (Å²) in [5.41, 5.74) is 0. The first-order chi connectivity index (χ1) is 8.49. The molecule has 0 spiro atoms. The van der Waals surface area contributed by atoms with Crippen LogP contribution < -0.4 is 0 Å². The number of aromatic nitrogens is 2. The molecule has 0 aliphatic rings. The standard InChI is InChI=1S/C12H13BrN2O2S/c1-6(2)10(7(3)16)12-14-11(15-17-12)8-4-5-9(13)18-8/h4-6,10H,1-3H3. The highest BCUT2D eigenvalue weighted by atomic mass is 79.9. The maximum absolute atomic E-state index is 11.6. The molecule has 0 N–H and O–H groups in total. The van der Waals surface area contributed by atoms with E-state index in [2.05, 4.69) is 26.1 Å². The first kappa shape index (κ1) is 13.4. The summed E-state index contributed by atoms with van der Waals surface area (Å²) in [5.74, 6) is 0.803. The molecular weight excluding hydrogens is 316 g/mol. The summed E-state index contributed by atoms with van der Waals surface area (Å²) in [7, 11) is 0. The maximum atomic E-state index is 11.6. The molecule has 0 radical (unpaired) electrons. The van der Waals surface area contributed by atoms with Gasteiger partial charge in [0, 0.05) is 0 Å². The van der Waals surface area contributed by atoms with Crippen molar-refractivity contribution in [1.82, 2.24) is 10.1 Å². The van der Waals surface area contributed by atoms with Crippen LogP contribution in [0.4, 0.5) is 0 Å². The van der Waals surface area contributed by atoms with E-state index in [0.29, 0.717) is 11.7 Å². The van der Waals surface area contributed by atoms with E-state index < -0.39 is 0 Å². The smallest absolute Gasteiger partial charge is 0.237 e. The minimum atomic E-state index is -0.324. The molecule has 1 atom stereocenters. The maximum Gasteiger partial charge on any atom is 0.237 e. The van der Waals surface area contributed by atoms with E-state index in [1.165, 1.54) is 11.3 Å². The van der Waals surface area contributed by atoms with Gasteiger partial charge in [0.2, 0.25) is 11.7 Å². The van der Waals surface area contributed by atoms with Crippen molar-refractivity contribution < 1.29 is 9.32 Å². The first-order valence-electron chi connectivity index (χ1n) is 5.58. The van der Waals surface area contributed by atoms with Gasteiger partial charge < -0.3 is 4.52 Å². The Morgan fingerprint density at radius 2 is 2.17 bits per heavy atom. The second kappa shape index (κ2) is 5.32. The van der Waals surface area contributed by atoms with Crippen LogP contribution in [-0.2, 0) is 4.79 Å². The van der Waals surface area contributed by atoms with Crippen LogP contribution in [0.5, 0.6) is 0 Å². The topological polar surface area (TPSA) is 56.0 Å². The highest BCUT2D eigenvalue weighted by molar-refractivity contribution is 9.11. The normalized spacial score (nSPS) is 12.9. The van der Waals surface area contributed by atoms with Crippen LogP contribution >= 0.6 is 27.3 Å². The molecule has 0 saturated heterocycles. The number of nitrogens with zero attached hydrogens (tertiary/aromatic N) is 2. The fraction of sp³-hybridized carbons (Fsp3) is 0.417. The van der Waals surface area contributed by atoms with E-state index in [4.69, 9.17) is 4.52 Å². The third-order valence-electron chi connectivity index (χ3n) is 2.61. The molecule has 2 heterocycles. The highest BCUT2D eigenvalue weighted by Crippen LogP contribution is 2.31. The Morgan fingerprint density at radius 3 is 2.67 bits per heavy atom. The molecule has 0 aliphatic heterocycles. The lowest BCUT2D eigenvalue weighted by atomic mass is 9.92. The van der Waals surface area contributed by atoms with Gasteiger partial charge in [0.05, 0.1) is 14.6 Å². The van der Waals surface area contributed by atoms with Gasteiger partial charge in [0.1, 0.15) is 5.78 Å². The van der Waals surface area contributed by atoms with E-state index in [9.17, 15) is 4.79 Å². The molecule has 0 amide bonds. The SMILES string of the molecule is CC(=O)C(c1nc(-c2ccc(Br)s2)no1)C(C)C. The van der Waals surface area contributed by atoms with E-state index >= 15 is 0 Å². The zero-order valence-corrected chi connectivity index (χ0v) is 12.7. The number of halogens is 1. The number of hydrogen-bond acceptors (Lipinski definition) is 5. The molecule has 0 aliphatic carbocycles. The van der Waals surface area contributed by atoms with Crippen molar-refractivity contribution in [2.24, 2.45) is 5.92 Å². The molecule has 0 aromatic carbocycles. The number of hydrogen-bond donors (Lipinski definition) is 0.